The van der Waals surface area contributed by atoms with E-state index in [0.717, 1.165) is 11.1 Å². The second-order valence-corrected chi connectivity index (χ2v) is 14.7. The molecule has 1 saturated carbocycles. The highest BCUT2D eigenvalue weighted by Gasteiger charge is 2.75. The van der Waals surface area contributed by atoms with Gasteiger partial charge in [-0.2, -0.15) is 5.06 Å². The molecule has 282 valence electrons. The Morgan fingerprint density at radius 3 is 2.47 bits per heavy atom. The van der Waals surface area contributed by atoms with Crippen LogP contribution in [-0.4, -0.2) is 121 Å². The number of amides is 2. The maximum Gasteiger partial charge on any atom is 0.348 e. The predicted octanol–water partition coefficient (Wildman–Crippen LogP) is 0.914. The largest absolute Gasteiger partial charge is 0.462 e. The molecule has 15 heteroatoms. The number of fused-ring (bicyclic) bond motifs is 4. The zero-order valence-electron chi connectivity index (χ0n) is 29.7. The number of carbonyl (C=O) groups excluding carboxylic acids is 5. The normalized spacial score (nSPS) is 30.3. The number of esters is 3. The minimum atomic E-state index is -1.47. The van der Waals surface area contributed by atoms with Crippen molar-refractivity contribution >= 4 is 35.8 Å². The van der Waals surface area contributed by atoms with Crippen LogP contribution in [-0.2, 0) is 65.5 Å². The summed E-state index contributed by atoms with van der Waals surface area (Å²) in [5.74, 6) is -2.81. The average molecular weight is 734 g/mol. The Morgan fingerprint density at radius 1 is 1.04 bits per heavy atom. The molecule has 2 aromatic rings. The number of likely N-dealkylation sites (N-methyl/N-ethyl adjacent to an activating group) is 1. The molecule has 2 aromatic carbocycles. The lowest BCUT2D eigenvalue weighted by Crippen LogP contribution is -2.70. The molecule has 5 fully saturated rings. The molecule has 0 aromatic heterocycles. The molecule has 8 atom stereocenters. The number of hydrogen-bond donors (Lipinski definition) is 2. The first-order valence-corrected chi connectivity index (χ1v) is 17.6. The number of aliphatic hydroxyl groups is 1. The van der Waals surface area contributed by atoms with Crippen LogP contribution in [0, 0.1) is 10.8 Å². The van der Waals surface area contributed by atoms with Gasteiger partial charge in [-0.05, 0) is 22.8 Å². The van der Waals surface area contributed by atoms with E-state index in [4.69, 9.17) is 28.5 Å². The van der Waals surface area contributed by atoms with Gasteiger partial charge in [0.15, 0.2) is 6.04 Å². The van der Waals surface area contributed by atoms with Crippen molar-refractivity contribution in [2.24, 2.45) is 10.8 Å². The molecule has 7 rings (SSSR count). The first-order valence-electron chi connectivity index (χ1n) is 17.6. The molecule has 15 nitrogen and oxygen atoms in total. The third kappa shape index (κ3) is 6.83. The van der Waals surface area contributed by atoms with Gasteiger partial charge < -0.3 is 39.0 Å². The van der Waals surface area contributed by atoms with Gasteiger partial charge in [-0.1, -0.05) is 68.4 Å². The van der Waals surface area contributed by atoms with Gasteiger partial charge in [0.1, 0.15) is 49.3 Å². The highest BCUT2D eigenvalue weighted by atomic mass is 16.8. The number of hydrogen-bond acceptors (Lipinski definition) is 13. The number of ether oxygens (including phenoxy) is 5. The minimum absolute atomic E-state index is 0.0106. The number of nitrogens with one attached hydrogen (secondary N) is 1. The Hall–Kier alpha value is -4.67. The first kappa shape index (κ1) is 36.7. The Labute approximate surface area is 306 Å². The number of rotatable bonds is 12. The van der Waals surface area contributed by atoms with Crippen LogP contribution in [0.2, 0.25) is 0 Å². The summed E-state index contributed by atoms with van der Waals surface area (Å²) in [5, 5.41) is 13.6. The van der Waals surface area contributed by atoms with Crippen LogP contribution >= 0.6 is 0 Å². The summed E-state index contributed by atoms with van der Waals surface area (Å²) >= 11 is 0. The fourth-order valence-electron chi connectivity index (χ4n) is 7.99. The number of nitrogens with zero attached hydrogens (tertiary/aromatic N) is 2. The Morgan fingerprint density at radius 2 is 1.77 bits per heavy atom. The van der Waals surface area contributed by atoms with Crippen molar-refractivity contribution in [2.75, 3.05) is 33.6 Å². The maximum atomic E-state index is 15.0. The monoisotopic (exact) mass is 733 g/mol. The molecule has 0 radical (unpaired) electrons. The molecule has 4 aliphatic heterocycles. The van der Waals surface area contributed by atoms with E-state index >= 15 is 0 Å². The summed E-state index contributed by atoms with van der Waals surface area (Å²) in [5.41, 5.74) is 0.128. The second-order valence-electron chi connectivity index (χ2n) is 14.7. The van der Waals surface area contributed by atoms with E-state index in [1.165, 1.54) is 16.0 Å². The Kier molecular flexibility index (Phi) is 10.1. The van der Waals surface area contributed by atoms with E-state index in [2.05, 4.69) is 5.32 Å². The summed E-state index contributed by atoms with van der Waals surface area (Å²) in [4.78, 5) is 74.8. The quantitative estimate of drug-likeness (QED) is 0.179. The summed E-state index contributed by atoms with van der Waals surface area (Å²) in [6, 6.07) is 14.3. The van der Waals surface area contributed by atoms with E-state index in [-0.39, 0.29) is 45.9 Å². The smallest absolute Gasteiger partial charge is 0.348 e. The number of hydroxylamine groups is 2. The van der Waals surface area contributed by atoms with Gasteiger partial charge in [0.2, 0.25) is 17.9 Å². The Bertz CT molecular complexity index is 1770. The van der Waals surface area contributed by atoms with Crippen LogP contribution in [0.25, 0.3) is 6.08 Å². The molecule has 53 heavy (non-hydrogen) atoms. The zero-order chi connectivity index (χ0) is 37.5. The first-order chi connectivity index (χ1) is 25.4. The average Bonchev–Trinajstić information content (AvgIpc) is 3.85. The van der Waals surface area contributed by atoms with Crippen LogP contribution in [0.1, 0.15) is 37.0 Å². The van der Waals surface area contributed by atoms with Crippen molar-refractivity contribution in [1.29, 1.82) is 0 Å². The Balaban J connectivity index is 1.12. The predicted molar refractivity (Wildman–Crippen MR) is 183 cm³/mol. The van der Waals surface area contributed by atoms with Gasteiger partial charge in [0.25, 0.3) is 0 Å². The highest BCUT2D eigenvalue weighted by molar-refractivity contribution is 5.96. The van der Waals surface area contributed by atoms with Gasteiger partial charge in [-0.3, -0.25) is 19.2 Å². The van der Waals surface area contributed by atoms with Crippen LogP contribution in [0.4, 0.5) is 0 Å². The van der Waals surface area contributed by atoms with Crippen molar-refractivity contribution in [3.05, 3.63) is 77.4 Å². The third-order valence-electron chi connectivity index (χ3n) is 10.7. The van der Waals surface area contributed by atoms with Crippen LogP contribution in [0.15, 0.2) is 60.7 Å². The molecule has 2 N–H and O–H groups in total. The van der Waals surface area contributed by atoms with Gasteiger partial charge in [0, 0.05) is 37.9 Å². The van der Waals surface area contributed by atoms with Crippen molar-refractivity contribution in [1.82, 2.24) is 15.3 Å². The van der Waals surface area contributed by atoms with E-state index in [1.54, 1.807) is 51.2 Å². The van der Waals surface area contributed by atoms with E-state index in [0.29, 0.717) is 5.56 Å². The standard InChI is InChI=1S/C38H43N3O12/c1-37(2)20-48-35(46)32(37)52-27(43)14-13-22-9-11-24(12-10-22)19-41-30-34(45)51-26-18-38(30,31(53-41)29-28(26)49-21-50-29)36(47)40(3)25(33(44)39-15-16-42)17-23-7-5-4-6-8-23/h4-14,25-26,28-32,42H,15-21H2,1-3H3,(H,39,44). The van der Waals surface area contributed by atoms with Gasteiger partial charge in [0.05, 0.1) is 13.2 Å². The van der Waals surface area contributed by atoms with Crippen molar-refractivity contribution in [2.45, 2.75) is 75.8 Å². The van der Waals surface area contributed by atoms with Gasteiger partial charge in [-0.15, -0.1) is 0 Å². The molecule has 1 aliphatic carbocycles. The molecular weight excluding hydrogens is 690 g/mol. The maximum absolute atomic E-state index is 15.0. The molecular formula is C38H43N3O12. The van der Waals surface area contributed by atoms with Gasteiger partial charge >= 0.3 is 17.9 Å². The molecule has 2 bridgehead atoms. The molecule has 4 saturated heterocycles. The van der Waals surface area contributed by atoms with Crippen LogP contribution in [0.3, 0.4) is 0 Å². The molecule has 2 amide bonds. The number of carbonyl (C=O) groups is 5. The molecule has 8 unspecified atom stereocenters. The number of aliphatic hydroxyl groups excluding tert-OH is 1. The van der Waals surface area contributed by atoms with Crippen molar-refractivity contribution in [3.63, 3.8) is 0 Å². The summed E-state index contributed by atoms with van der Waals surface area (Å²) in [6.07, 6.45) is -0.932. The third-order valence-corrected chi connectivity index (χ3v) is 10.7. The lowest BCUT2D eigenvalue weighted by atomic mass is 9.62. The van der Waals surface area contributed by atoms with E-state index in [9.17, 15) is 29.1 Å². The van der Waals surface area contributed by atoms with Crippen molar-refractivity contribution < 1.29 is 57.6 Å². The van der Waals surface area contributed by atoms with Gasteiger partial charge in [-0.25, -0.2) is 9.59 Å². The fraction of sp³-hybridized carbons (Fsp3) is 0.500. The summed E-state index contributed by atoms with van der Waals surface area (Å²) in [7, 11) is 1.54. The lowest BCUT2D eigenvalue weighted by molar-refractivity contribution is -0.204. The topological polar surface area (TPSA) is 179 Å². The zero-order valence-corrected chi connectivity index (χ0v) is 29.7. The molecule has 0 spiro atoms. The minimum Gasteiger partial charge on any atom is -0.462 e. The second kappa shape index (κ2) is 14.6. The fourth-order valence-corrected chi connectivity index (χ4v) is 7.99. The number of cyclic esters (lactones) is 1. The lowest BCUT2D eigenvalue weighted by Gasteiger charge is -2.50. The summed E-state index contributed by atoms with van der Waals surface area (Å²) < 4.78 is 28.1. The van der Waals surface area contributed by atoms with Crippen LogP contribution in [0.5, 0.6) is 0 Å². The highest BCUT2D eigenvalue weighted by Crippen LogP contribution is 2.56. The molecule has 5 aliphatic rings. The number of benzene rings is 2. The van der Waals surface area contributed by atoms with E-state index in [1.807, 2.05) is 30.3 Å². The SMILES string of the molecule is CN(C(=O)C12CC3OC(=O)C1N(Cc1ccc(C=CC(=O)OC4C(=O)OCC4(C)C)cc1)OC2C1OCOC31)C(Cc1ccccc1)C(=O)NCCO. The van der Waals surface area contributed by atoms with Crippen molar-refractivity contribution in [3.8, 4) is 0 Å². The molecule has 4 heterocycles. The summed E-state index contributed by atoms with van der Waals surface area (Å²) in [6.45, 7) is 3.51. The van der Waals surface area contributed by atoms with E-state index < -0.39 is 83.2 Å². The van der Waals surface area contributed by atoms with Crippen LogP contribution < -0.4 is 5.32 Å².